The standard InChI is InChI=1S/C8H9N3O3/c1-4(12)11-8(9)6-7(14)5(13)2-3-10-6/h2-3,14H,1H3,(H,10,13)(H2,9,11,12). The van der Waals surface area contributed by atoms with Crippen LogP contribution in [0.1, 0.15) is 12.6 Å². The van der Waals surface area contributed by atoms with Crippen LogP contribution in [0.3, 0.4) is 0 Å². The lowest BCUT2D eigenvalue weighted by Gasteiger charge is -2.05. The molecule has 6 nitrogen and oxygen atoms in total. The van der Waals surface area contributed by atoms with E-state index in [9.17, 15) is 14.7 Å². The summed E-state index contributed by atoms with van der Waals surface area (Å²) >= 11 is 0. The van der Waals surface area contributed by atoms with Gasteiger partial charge in [-0.05, 0) is 0 Å². The number of pyridine rings is 1. The number of aromatic hydroxyl groups is 1. The van der Waals surface area contributed by atoms with Crippen molar-refractivity contribution in [1.29, 1.82) is 5.41 Å². The maximum atomic E-state index is 11.0. The van der Waals surface area contributed by atoms with Gasteiger partial charge in [0.15, 0.2) is 11.6 Å². The number of rotatable bonds is 1. The Morgan fingerprint density at radius 2 is 2.29 bits per heavy atom. The smallest absolute Gasteiger partial charge is 0.223 e. The highest BCUT2D eigenvalue weighted by Gasteiger charge is 2.10. The van der Waals surface area contributed by atoms with E-state index in [1.54, 1.807) is 0 Å². The number of carbonyl (C=O) groups is 1. The maximum Gasteiger partial charge on any atom is 0.223 e. The van der Waals surface area contributed by atoms with Crippen LogP contribution >= 0.6 is 0 Å². The predicted molar refractivity (Wildman–Crippen MR) is 49.4 cm³/mol. The first-order valence-electron chi connectivity index (χ1n) is 3.79. The minimum absolute atomic E-state index is 0.104. The van der Waals surface area contributed by atoms with Crippen molar-refractivity contribution in [2.45, 2.75) is 6.92 Å². The number of carbonyl (C=O) groups excluding carboxylic acids is 1. The molecule has 0 aliphatic carbocycles. The Bertz CT molecular complexity index is 436. The van der Waals surface area contributed by atoms with Gasteiger partial charge in [-0.25, -0.2) is 0 Å². The van der Waals surface area contributed by atoms with Gasteiger partial charge in [-0.3, -0.25) is 15.0 Å². The molecule has 0 atom stereocenters. The Hall–Kier alpha value is -2.11. The van der Waals surface area contributed by atoms with Crippen molar-refractivity contribution in [2.75, 3.05) is 0 Å². The van der Waals surface area contributed by atoms with Crippen LogP contribution in [0.4, 0.5) is 0 Å². The molecule has 1 aromatic rings. The second-order valence-electron chi connectivity index (χ2n) is 2.62. The first kappa shape index (κ1) is 9.97. The van der Waals surface area contributed by atoms with Crippen LogP contribution in [-0.4, -0.2) is 21.8 Å². The van der Waals surface area contributed by atoms with Crippen molar-refractivity contribution < 1.29 is 9.90 Å². The predicted octanol–water partition coefficient (Wildman–Crippen LogP) is -0.458. The summed E-state index contributed by atoms with van der Waals surface area (Å²) in [6, 6.07) is 1.12. The summed E-state index contributed by atoms with van der Waals surface area (Å²) in [6.45, 7) is 1.23. The number of amidine groups is 1. The molecule has 74 valence electrons. The average molecular weight is 195 g/mol. The van der Waals surface area contributed by atoms with Gasteiger partial charge in [-0.1, -0.05) is 0 Å². The summed E-state index contributed by atoms with van der Waals surface area (Å²) in [5.41, 5.74) is -0.707. The van der Waals surface area contributed by atoms with Gasteiger partial charge in [0.25, 0.3) is 0 Å². The molecular formula is C8H9N3O3. The van der Waals surface area contributed by atoms with E-state index in [0.29, 0.717) is 0 Å². The molecule has 0 fully saturated rings. The summed E-state index contributed by atoms with van der Waals surface area (Å²) < 4.78 is 0. The third-order valence-electron chi connectivity index (χ3n) is 1.48. The number of aromatic amines is 1. The third kappa shape index (κ3) is 1.98. The fourth-order valence-corrected chi connectivity index (χ4v) is 0.900. The lowest BCUT2D eigenvalue weighted by molar-refractivity contribution is -0.117. The topological polar surface area (TPSA) is 106 Å². The van der Waals surface area contributed by atoms with Gasteiger partial charge in [0.2, 0.25) is 11.3 Å². The van der Waals surface area contributed by atoms with Gasteiger partial charge in [-0.15, -0.1) is 0 Å². The molecule has 0 saturated heterocycles. The van der Waals surface area contributed by atoms with Gasteiger partial charge in [0.1, 0.15) is 5.69 Å². The summed E-state index contributed by atoms with van der Waals surface area (Å²) in [5.74, 6) is -1.36. The summed E-state index contributed by atoms with van der Waals surface area (Å²) in [7, 11) is 0. The van der Waals surface area contributed by atoms with Gasteiger partial charge in [-0.2, -0.15) is 0 Å². The molecular weight excluding hydrogens is 186 g/mol. The van der Waals surface area contributed by atoms with E-state index >= 15 is 0 Å². The van der Waals surface area contributed by atoms with E-state index in [0.717, 1.165) is 6.07 Å². The number of aromatic nitrogens is 1. The van der Waals surface area contributed by atoms with Crippen LogP contribution in [0.2, 0.25) is 0 Å². The highest BCUT2D eigenvalue weighted by atomic mass is 16.3. The molecule has 0 radical (unpaired) electrons. The number of H-pyrrole nitrogens is 1. The molecule has 0 bridgehead atoms. The van der Waals surface area contributed by atoms with Crippen molar-refractivity contribution in [3.63, 3.8) is 0 Å². The first-order valence-corrected chi connectivity index (χ1v) is 3.79. The molecule has 1 amide bonds. The minimum atomic E-state index is -0.603. The van der Waals surface area contributed by atoms with Crippen LogP contribution < -0.4 is 10.7 Å². The molecule has 0 spiro atoms. The second-order valence-corrected chi connectivity index (χ2v) is 2.62. The molecule has 0 unspecified atom stereocenters. The zero-order valence-electron chi connectivity index (χ0n) is 7.42. The molecule has 1 rings (SSSR count). The van der Waals surface area contributed by atoms with E-state index in [1.807, 2.05) is 0 Å². The van der Waals surface area contributed by atoms with Crippen molar-refractivity contribution >= 4 is 11.7 Å². The fraction of sp³-hybridized carbons (Fsp3) is 0.125. The molecule has 14 heavy (non-hydrogen) atoms. The van der Waals surface area contributed by atoms with E-state index in [2.05, 4.69) is 10.3 Å². The monoisotopic (exact) mass is 195 g/mol. The lowest BCUT2D eigenvalue weighted by atomic mass is 10.3. The van der Waals surface area contributed by atoms with Gasteiger partial charge >= 0.3 is 0 Å². The highest BCUT2D eigenvalue weighted by Crippen LogP contribution is 2.05. The van der Waals surface area contributed by atoms with Gasteiger partial charge < -0.3 is 15.4 Å². The molecule has 0 aliphatic rings. The maximum absolute atomic E-state index is 11.0. The fourth-order valence-electron chi connectivity index (χ4n) is 0.900. The zero-order chi connectivity index (χ0) is 10.7. The number of nitrogens with one attached hydrogen (secondary N) is 3. The molecule has 1 heterocycles. The number of amides is 1. The Kier molecular flexibility index (Phi) is 2.66. The van der Waals surface area contributed by atoms with Crippen molar-refractivity contribution in [2.24, 2.45) is 0 Å². The minimum Gasteiger partial charge on any atom is -0.503 e. The number of hydrogen-bond donors (Lipinski definition) is 4. The molecule has 0 saturated carbocycles. The molecule has 1 aromatic heterocycles. The zero-order valence-corrected chi connectivity index (χ0v) is 7.42. The average Bonchev–Trinajstić information content (AvgIpc) is 2.08. The third-order valence-corrected chi connectivity index (χ3v) is 1.48. The van der Waals surface area contributed by atoms with E-state index in [-0.39, 0.29) is 11.5 Å². The van der Waals surface area contributed by atoms with E-state index in [4.69, 9.17) is 5.41 Å². The quantitative estimate of drug-likeness (QED) is 0.360. The summed E-state index contributed by atoms with van der Waals surface area (Å²) in [4.78, 5) is 24.0. The molecule has 6 heteroatoms. The Morgan fingerprint density at radius 3 is 2.86 bits per heavy atom. The second kappa shape index (κ2) is 3.73. The Labute approximate surface area is 79.1 Å². The Morgan fingerprint density at radius 1 is 1.64 bits per heavy atom. The largest absolute Gasteiger partial charge is 0.503 e. The Balaban J connectivity index is 3.08. The van der Waals surface area contributed by atoms with E-state index in [1.165, 1.54) is 13.1 Å². The van der Waals surface area contributed by atoms with Crippen LogP contribution in [0, 0.1) is 5.41 Å². The van der Waals surface area contributed by atoms with Gasteiger partial charge in [0.05, 0.1) is 0 Å². The highest BCUT2D eigenvalue weighted by molar-refractivity contribution is 6.05. The SMILES string of the molecule is CC(=O)NC(=N)c1[nH]ccc(=O)c1O. The normalized spacial score (nSPS) is 9.50. The molecule has 0 aromatic carbocycles. The summed E-state index contributed by atoms with van der Waals surface area (Å²) in [5, 5.41) is 18.7. The van der Waals surface area contributed by atoms with Crippen LogP contribution in [-0.2, 0) is 4.79 Å². The lowest BCUT2D eigenvalue weighted by Crippen LogP contribution is -2.29. The molecule has 0 aliphatic heterocycles. The van der Waals surface area contributed by atoms with Crippen molar-refractivity contribution in [3.05, 3.63) is 28.2 Å². The number of hydrogen-bond acceptors (Lipinski definition) is 4. The van der Waals surface area contributed by atoms with Crippen molar-refractivity contribution in [1.82, 2.24) is 10.3 Å². The van der Waals surface area contributed by atoms with Crippen LogP contribution in [0.5, 0.6) is 5.75 Å². The van der Waals surface area contributed by atoms with Crippen molar-refractivity contribution in [3.8, 4) is 5.75 Å². The van der Waals surface area contributed by atoms with E-state index < -0.39 is 17.1 Å². The summed E-state index contributed by atoms with van der Waals surface area (Å²) in [6.07, 6.45) is 1.29. The first-order chi connectivity index (χ1) is 6.52. The van der Waals surface area contributed by atoms with Crippen LogP contribution in [0.15, 0.2) is 17.1 Å². The van der Waals surface area contributed by atoms with Crippen LogP contribution in [0.25, 0.3) is 0 Å². The molecule has 4 N–H and O–H groups in total. The van der Waals surface area contributed by atoms with Gasteiger partial charge in [0, 0.05) is 19.2 Å².